The number of fused-ring (bicyclic) bond motifs is 7. The molecule has 9 aromatic carbocycles. The van der Waals surface area contributed by atoms with Crippen LogP contribution in [0, 0.1) is 0 Å². The van der Waals surface area contributed by atoms with Crippen LogP contribution in [-0.4, -0.2) is 0 Å². The highest BCUT2D eigenvalue weighted by Crippen LogP contribution is 2.44. The Balaban J connectivity index is 1.12. The molecule has 0 bridgehead atoms. The lowest BCUT2D eigenvalue weighted by Crippen LogP contribution is -2.00. The number of hydrogen-bond donors (Lipinski definition) is 0. The first kappa shape index (κ1) is 21.7. The average molecular weight is 675 g/mol. The molecule has 0 radical (unpaired) electrons. The topological polar surface area (TPSA) is 13.1 Å². The predicted molar refractivity (Wildman–Crippen MR) is 220 cm³/mol. The lowest BCUT2D eigenvalue weighted by molar-refractivity contribution is 0.673. The second-order valence-corrected chi connectivity index (χ2v) is 13.2. The monoisotopic (exact) mass is 674 g/mol. The van der Waals surface area contributed by atoms with Crippen molar-refractivity contribution >= 4 is 54.3 Å². The minimum absolute atomic E-state index is 0.142. The molecule has 0 spiro atoms. The third kappa shape index (κ3) is 5.17. The molecule has 1 nitrogen and oxygen atoms in total. The van der Waals surface area contributed by atoms with Gasteiger partial charge in [0.05, 0.1) is 13.7 Å². The van der Waals surface area contributed by atoms with E-state index in [4.69, 9.17) is 18.1 Å². The van der Waals surface area contributed by atoms with Crippen molar-refractivity contribution in [1.29, 1.82) is 0 Å². The summed E-state index contributed by atoms with van der Waals surface area (Å²) in [6.45, 7) is 0. The highest BCUT2D eigenvalue weighted by Gasteiger charge is 2.19. The Labute approximate surface area is 317 Å². The summed E-state index contributed by atoms with van der Waals surface area (Å²) in [5.41, 5.74) is 7.46. The second kappa shape index (κ2) is 12.7. The van der Waals surface area contributed by atoms with Gasteiger partial charge in [-0.3, -0.25) is 0 Å². The molecular formula is C51H36O. The zero-order valence-electron chi connectivity index (χ0n) is 38.1. The first-order chi connectivity index (χ1) is 29.9. The maximum Gasteiger partial charge on any atom is 0.143 e. The van der Waals surface area contributed by atoms with Gasteiger partial charge >= 0.3 is 0 Å². The Morgan fingerprint density at radius 1 is 0.442 bits per heavy atom. The lowest BCUT2D eigenvalue weighted by atomic mass is 9.85. The first-order valence-corrected chi connectivity index (χ1v) is 17.4. The van der Waals surface area contributed by atoms with Crippen LogP contribution in [0.3, 0.4) is 0 Å². The minimum atomic E-state index is -0.435. The van der Waals surface area contributed by atoms with Crippen molar-refractivity contribution in [3.63, 3.8) is 0 Å². The molecule has 0 N–H and O–H groups in total. The van der Waals surface area contributed by atoms with Crippen LogP contribution in [0.2, 0.25) is 0 Å². The Morgan fingerprint density at radius 2 is 1.04 bits per heavy atom. The summed E-state index contributed by atoms with van der Waals surface area (Å²) < 4.78 is 90.9. The largest absolute Gasteiger partial charge is 0.455 e. The molecule has 52 heavy (non-hydrogen) atoms. The fraction of sp³-hybridized carbons (Fsp3) is 0.0588. The first-order valence-electron chi connectivity index (χ1n) is 22.4. The molecule has 0 unspecified atom stereocenters. The molecule has 0 amide bonds. The van der Waals surface area contributed by atoms with E-state index >= 15 is 0 Å². The van der Waals surface area contributed by atoms with E-state index in [1.165, 1.54) is 5.56 Å². The maximum atomic E-state index is 8.84. The van der Waals surface area contributed by atoms with Crippen molar-refractivity contribution in [2.24, 2.45) is 0 Å². The molecule has 0 aliphatic heterocycles. The molecule has 1 heterocycles. The van der Waals surface area contributed by atoms with Gasteiger partial charge in [0, 0.05) is 16.2 Å². The van der Waals surface area contributed by atoms with Crippen molar-refractivity contribution in [1.82, 2.24) is 0 Å². The quantitative estimate of drug-likeness (QED) is 0.153. The third-order valence-electron chi connectivity index (χ3n) is 10.3. The van der Waals surface area contributed by atoms with Crippen molar-refractivity contribution in [2.75, 3.05) is 0 Å². The highest BCUT2D eigenvalue weighted by atomic mass is 16.3. The van der Waals surface area contributed by atoms with E-state index in [1.54, 1.807) is 0 Å². The average Bonchev–Trinajstić information content (AvgIpc) is 3.67. The molecule has 0 saturated carbocycles. The lowest BCUT2D eigenvalue weighted by Gasteiger charge is -2.18. The van der Waals surface area contributed by atoms with Crippen LogP contribution < -0.4 is 0 Å². The molecule has 10 rings (SSSR count). The zero-order chi connectivity index (χ0) is 43.1. The van der Waals surface area contributed by atoms with Gasteiger partial charge in [-0.1, -0.05) is 164 Å². The van der Waals surface area contributed by atoms with Crippen LogP contribution in [0.4, 0.5) is 0 Å². The second-order valence-electron chi connectivity index (χ2n) is 13.2. The van der Waals surface area contributed by atoms with Gasteiger partial charge in [-0.15, -0.1) is 0 Å². The van der Waals surface area contributed by atoms with E-state index in [0.717, 1.165) is 65.3 Å². The van der Waals surface area contributed by atoms with Crippen LogP contribution in [-0.2, 0) is 19.3 Å². The zero-order valence-corrected chi connectivity index (χ0v) is 28.1. The summed E-state index contributed by atoms with van der Waals surface area (Å²) in [7, 11) is 0. The van der Waals surface area contributed by atoms with Crippen LogP contribution in [0.1, 0.15) is 36.0 Å². The normalized spacial score (nSPS) is 14.4. The summed E-state index contributed by atoms with van der Waals surface area (Å²) >= 11 is 0. The van der Waals surface area contributed by atoms with Crippen molar-refractivity contribution in [2.45, 2.75) is 19.3 Å². The smallest absolute Gasteiger partial charge is 0.143 e. The van der Waals surface area contributed by atoms with Crippen LogP contribution in [0.25, 0.3) is 76.5 Å². The molecule has 246 valence electrons. The van der Waals surface area contributed by atoms with E-state index < -0.39 is 12.1 Å². The van der Waals surface area contributed by atoms with E-state index in [-0.39, 0.29) is 65.9 Å². The molecule has 0 aliphatic carbocycles. The van der Waals surface area contributed by atoms with Gasteiger partial charge in [0.1, 0.15) is 11.2 Å². The fourth-order valence-corrected chi connectivity index (χ4v) is 7.93. The van der Waals surface area contributed by atoms with Crippen LogP contribution >= 0.6 is 0 Å². The van der Waals surface area contributed by atoms with Crippen molar-refractivity contribution in [3.05, 3.63) is 204 Å². The Hall–Kier alpha value is -6.44. The number of rotatable bonds is 7. The van der Waals surface area contributed by atoms with Gasteiger partial charge in [-0.05, 0) is 109 Å². The summed E-state index contributed by atoms with van der Waals surface area (Å²) in [4.78, 5) is 0. The summed E-state index contributed by atoms with van der Waals surface area (Å²) in [6, 6.07) is 37.3. The molecule has 0 atom stereocenters. The number of benzene rings is 9. The fourth-order valence-electron chi connectivity index (χ4n) is 7.93. The van der Waals surface area contributed by atoms with Gasteiger partial charge in [0.25, 0.3) is 0 Å². The van der Waals surface area contributed by atoms with Crippen molar-refractivity contribution in [3.8, 4) is 22.3 Å². The number of aryl methyl sites for hydroxylation is 2. The molecular weight excluding hydrogens is 629 g/mol. The van der Waals surface area contributed by atoms with E-state index in [2.05, 4.69) is 54.6 Å². The minimum Gasteiger partial charge on any atom is -0.455 e. The predicted octanol–water partition coefficient (Wildman–Crippen LogP) is 13.8. The summed E-state index contributed by atoms with van der Waals surface area (Å²) in [6.07, 6.45) is 1.58. The Bertz CT molecular complexity index is 3400. The van der Waals surface area contributed by atoms with Gasteiger partial charge in [0.15, 0.2) is 0 Å². The van der Waals surface area contributed by atoms with Gasteiger partial charge < -0.3 is 4.42 Å². The number of furan rings is 1. The number of hydrogen-bond acceptors (Lipinski definition) is 1. The van der Waals surface area contributed by atoms with Gasteiger partial charge in [-0.25, -0.2) is 0 Å². The molecule has 0 fully saturated rings. The van der Waals surface area contributed by atoms with Crippen molar-refractivity contribution < 1.29 is 18.1 Å². The van der Waals surface area contributed by atoms with Gasteiger partial charge in [0.2, 0.25) is 0 Å². The SMILES string of the molecule is [2H]c1c([2H])c([2H])c(Cc2ccccc2CCc2c3ccccc3c(-c3ccc4oc5c6ccccc6c(-c6c([2H])c([2H])c([2H])c([2H])c6[2H])cc5c4c3)c3ccccc23)c([2H])c1[2H]. The molecule has 10 aromatic rings. The Morgan fingerprint density at radius 3 is 1.75 bits per heavy atom. The highest BCUT2D eigenvalue weighted by molar-refractivity contribution is 6.21. The molecule has 1 aromatic heterocycles. The Kier molecular flexibility index (Phi) is 5.31. The molecule has 1 heteroatoms. The molecule has 0 aliphatic rings. The van der Waals surface area contributed by atoms with Gasteiger partial charge in [-0.2, -0.15) is 0 Å². The van der Waals surface area contributed by atoms with E-state index in [9.17, 15) is 0 Å². The van der Waals surface area contributed by atoms with Crippen LogP contribution in [0.15, 0.2) is 186 Å². The van der Waals surface area contributed by atoms with E-state index in [0.29, 0.717) is 29.6 Å². The summed E-state index contributed by atoms with van der Waals surface area (Å²) in [5.74, 6) is 0. The van der Waals surface area contributed by atoms with E-state index in [1.807, 2.05) is 66.7 Å². The third-order valence-corrected chi connectivity index (χ3v) is 10.3. The maximum absolute atomic E-state index is 8.84. The van der Waals surface area contributed by atoms with Crippen LogP contribution in [0.5, 0.6) is 0 Å². The summed E-state index contributed by atoms with van der Waals surface area (Å²) in [5, 5.41) is 7.48. The molecule has 0 saturated heterocycles. The standard InChI is InChI=1S/C51H36O/c1-3-15-34(16-4-1)31-37-20-8-7-17-35(37)27-29-42-39-21-9-12-24-43(39)50(44-25-13-10-22-40(42)44)38-28-30-49-47(32-38)48-33-46(36-18-5-2-6-19-36)41-23-11-14-26-45(41)51(48)52-49/h1-26,28,30,32-33H,27,29,31H2/i1D,2D,3D,4D,5D,6D,15D,16D,18D,19D.